The van der Waals surface area contributed by atoms with Gasteiger partial charge in [0.25, 0.3) is 0 Å². The van der Waals surface area contributed by atoms with Gasteiger partial charge in [0.2, 0.25) is 0 Å². The van der Waals surface area contributed by atoms with Crippen molar-refractivity contribution in [1.82, 2.24) is 10.3 Å². The van der Waals surface area contributed by atoms with Gasteiger partial charge < -0.3 is 5.11 Å². The van der Waals surface area contributed by atoms with E-state index in [-0.39, 0.29) is 6.61 Å². The van der Waals surface area contributed by atoms with E-state index in [4.69, 9.17) is 0 Å². The molecule has 3 aromatic rings. The molecule has 0 unspecified atom stereocenters. The monoisotopic (exact) mass is 304 g/mol. The standard InChI is InChI=1S/C20H20N2O/c23-16-15-22-20(17-9-3-1-4-10-17,18-11-5-2-6-12-18)19-13-7-8-14-21-19/h1-14,22-23H,15-16H2. The van der Waals surface area contributed by atoms with Crippen LogP contribution in [0.3, 0.4) is 0 Å². The Kier molecular flexibility index (Phi) is 4.81. The Balaban J connectivity index is 2.25. The molecule has 0 aliphatic heterocycles. The van der Waals surface area contributed by atoms with Crippen molar-refractivity contribution in [2.45, 2.75) is 5.54 Å². The van der Waals surface area contributed by atoms with Crippen LogP contribution in [0.2, 0.25) is 0 Å². The molecule has 116 valence electrons. The van der Waals surface area contributed by atoms with Crippen LogP contribution in [-0.4, -0.2) is 23.2 Å². The number of benzene rings is 2. The number of hydrogen-bond donors (Lipinski definition) is 2. The Hall–Kier alpha value is -2.49. The summed E-state index contributed by atoms with van der Waals surface area (Å²) in [6.45, 7) is 0.536. The lowest BCUT2D eigenvalue weighted by atomic mass is 9.79. The Morgan fingerprint density at radius 2 is 1.35 bits per heavy atom. The topological polar surface area (TPSA) is 45.1 Å². The third kappa shape index (κ3) is 3.02. The molecule has 3 nitrogen and oxygen atoms in total. The van der Waals surface area contributed by atoms with Gasteiger partial charge in [0, 0.05) is 12.7 Å². The van der Waals surface area contributed by atoms with Gasteiger partial charge in [0.05, 0.1) is 12.3 Å². The van der Waals surface area contributed by atoms with Gasteiger partial charge in [-0.3, -0.25) is 10.3 Å². The molecule has 0 saturated heterocycles. The van der Waals surface area contributed by atoms with Gasteiger partial charge in [-0.05, 0) is 23.3 Å². The van der Waals surface area contributed by atoms with Crippen LogP contribution in [0.5, 0.6) is 0 Å². The summed E-state index contributed by atoms with van der Waals surface area (Å²) in [6.07, 6.45) is 1.80. The van der Waals surface area contributed by atoms with E-state index in [1.165, 1.54) is 0 Å². The van der Waals surface area contributed by atoms with Crippen LogP contribution in [0.25, 0.3) is 0 Å². The summed E-state index contributed by atoms with van der Waals surface area (Å²) in [6, 6.07) is 26.4. The molecule has 23 heavy (non-hydrogen) atoms. The normalized spacial score (nSPS) is 11.3. The van der Waals surface area contributed by atoms with Crippen molar-refractivity contribution in [3.8, 4) is 0 Å². The molecule has 3 heteroatoms. The third-order valence-electron chi connectivity index (χ3n) is 3.96. The maximum atomic E-state index is 9.39. The summed E-state index contributed by atoms with van der Waals surface area (Å²) in [5.41, 5.74) is 2.51. The molecule has 2 N–H and O–H groups in total. The SMILES string of the molecule is OCCNC(c1ccccc1)(c1ccccc1)c1ccccn1. The number of pyridine rings is 1. The number of nitrogens with one attached hydrogen (secondary N) is 1. The predicted octanol–water partition coefficient (Wildman–Crippen LogP) is 2.96. The molecule has 0 spiro atoms. The molecule has 0 aliphatic rings. The van der Waals surface area contributed by atoms with Crippen LogP contribution in [-0.2, 0) is 5.54 Å². The number of hydrogen-bond acceptors (Lipinski definition) is 3. The van der Waals surface area contributed by atoms with Gasteiger partial charge >= 0.3 is 0 Å². The fourth-order valence-corrected chi connectivity index (χ4v) is 2.96. The van der Waals surface area contributed by atoms with Gasteiger partial charge in [0.15, 0.2) is 0 Å². The first-order valence-corrected chi connectivity index (χ1v) is 7.76. The van der Waals surface area contributed by atoms with E-state index >= 15 is 0 Å². The highest BCUT2D eigenvalue weighted by Crippen LogP contribution is 2.35. The van der Waals surface area contributed by atoms with Crippen LogP contribution >= 0.6 is 0 Å². The van der Waals surface area contributed by atoms with E-state index in [0.29, 0.717) is 6.54 Å². The minimum Gasteiger partial charge on any atom is -0.395 e. The minimum absolute atomic E-state index is 0.0637. The zero-order valence-electron chi connectivity index (χ0n) is 12.9. The molecule has 2 aromatic carbocycles. The van der Waals surface area contributed by atoms with Gasteiger partial charge in [-0.25, -0.2) is 0 Å². The number of rotatable bonds is 6. The molecular formula is C20H20N2O. The van der Waals surface area contributed by atoms with Crippen molar-refractivity contribution in [2.75, 3.05) is 13.2 Å². The smallest absolute Gasteiger partial charge is 0.112 e. The Bertz CT molecular complexity index is 618. The lowest BCUT2D eigenvalue weighted by Crippen LogP contribution is -2.46. The van der Waals surface area contributed by atoms with Crippen LogP contribution < -0.4 is 5.32 Å². The average Bonchev–Trinajstić information content (AvgIpc) is 2.65. The average molecular weight is 304 g/mol. The second-order valence-corrected chi connectivity index (χ2v) is 5.35. The van der Waals surface area contributed by atoms with Gasteiger partial charge in [-0.2, -0.15) is 0 Å². The van der Waals surface area contributed by atoms with E-state index in [9.17, 15) is 5.11 Å². The molecule has 3 rings (SSSR count). The van der Waals surface area contributed by atoms with Crippen molar-refractivity contribution < 1.29 is 5.11 Å². The Morgan fingerprint density at radius 3 is 1.83 bits per heavy atom. The van der Waals surface area contributed by atoms with E-state index < -0.39 is 5.54 Å². The van der Waals surface area contributed by atoms with Gasteiger partial charge in [-0.15, -0.1) is 0 Å². The van der Waals surface area contributed by atoms with Gasteiger partial charge in [0.1, 0.15) is 5.54 Å². The molecule has 1 heterocycles. The van der Waals surface area contributed by atoms with Gasteiger partial charge in [-0.1, -0.05) is 66.7 Å². The summed E-state index contributed by atoms with van der Waals surface area (Å²) >= 11 is 0. The molecule has 0 fully saturated rings. The minimum atomic E-state index is -0.591. The second-order valence-electron chi connectivity index (χ2n) is 5.35. The van der Waals surface area contributed by atoms with Crippen molar-refractivity contribution in [1.29, 1.82) is 0 Å². The molecule has 0 amide bonds. The van der Waals surface area contributed by atoms with E-state index in [1.807, 2.05) is 54.6 Å². The molecule has 0 bridgehead atoms. The Labute approximate surface area is 136 Å². The maximum absolute atomic E-state index is 9.39. The quantitative estimate of drug-likeness (QED) is 0.736. The van der Waals surface area contributed by atoms with Crippen LogP contribution in [0.1, 0.15) is 16.8 Å². The highest BCUT2D eigenvalue weighted by Gasteiger charge is 2.36. The molecule has 0 atom stereocenters. The number of aliphatic hydroxyl groups excluding tert-OH is 1. The molecular weight excluding hydrogens is 284 g/mol. The first-order valence-electron chi connectivity index (χ1n) is 7.76. The van der Waals surface area contributed by atoms with Crippen molar-refractivity contribution in [2.24, 2.45) is 0 Å². The number of aliphatic hydroxyl groups is 1. The largest absolute Gasteiger partial charge is 0.395 e. The highest BCUT2D eigenvalue weighted by atomic mass is 16.3. The maximum Gasteiger partial charge on any atom is 0.112 e. The molecule has 1 aromatic heterocycles. The zero-order valence-corrected chi connectivity index (χ0v) is 12.9. The summed E-state index contributed by atoms with van der Waals surface area (Å²) in [4.78, 5) is 4.61. The highest BCUT2D eigenvalue weighted by molar-refractivity contribution is 5.46. The first kappa shape index (κ1) is 15.4. The fourth-order valence-electron chi connectivity index (χ4n) is 2.96. The number of nitrogens with zero attached hydrogens (tertiary/aromatic N) is 1. The number of aromatic nitrogens is 1. The van der Waals surface area contributed by atoms with Crippen LogP contribution in [0.15, 0.2) is 85.1 Å². The summed E-state index contributed by atoms with van der Waals surface area (Å²) < 4.78 is 0. The predicted molar refractivity (Wildman–Crippen MR) is 92.1 cm³/mol. The van der Waals surface area contributed by atoms with E-state index in [0.717, 1.165) is 16.8 Å². The Morgan fingerprint density at radius 1 is 0.783 bits per heavy atom. The van der Waals surface area contributed by atoms with Crippen molar-refractivity contribution >= 4 is 0 Å². The van der Waals surface area contributed by atoms with E-state index in [2.05, 4.69) is 34.6 Å². The van der Waals surface area contributed by atoms with Crippen LogP contribution in [0.4, 0.5) is 0 Å². The lowest BCUT2D eigenvalue weighted by molar-refractivity contribution is 0.276. The molecule has 0 radical (unpaired) electrons. The zero-order chi connectivity index (χ0) is 16.0. The lowest BCUT2D eigenvalue weighted by Gasteiger charge is -2.35. The third-order valence-corrected chi connectivity index (χ3v) is 3.96. The fraction of sp³-hybridized carbons (Fsp3) is 0.150. The summed E-state index contributed by atoms with van der Waals surface area (Å²) in [7, 11) is 0. The first-order chi connectivity index (χ1) is 11.4. The molecule has 0 saturated carbocycles. The van der Waals surface area contributed by atoms with Crippen LogP contribution in [0, 0.1) is 0 Å². The summed E-state index contributed by atoms with van der Waals surface area (Å²) in [5, 5.41) is 12.9. The van der Waals surface area contributed by atoms with Crippen molar-refractivity contribution in [3.05, 3.63) is 102 Å². The van der Waals surface area contributed by atoms with Crippen molar-refractivity contribution in [3.63, 3.8) is 0 Å². The van der Waals surface area contributed by atoms with E-state index in [1.54, 1.807) is 6.20 Å². The second kappa shape index (κ2) is 7.18. The molecule has 0 aliphatic carbocycles. The summed E-state index contributed by atoms with van der Waals surface area (Å²) in [5.74, 6) is 0.